The highest BCUT2D eigenvalue weighted by molar-refractivity contribution is 8.18. The van der Waals surface area contributed by atoms with Gasteiger partial charge in [-0.1, -0.05) is 43.6 Å². The second-order valence-corrected chi connectivity index (χ2v) is 8.80. The van der Waals surface area contributed by atoms with Crippen molar-refractivity contribution >= 4 is 46.6 Å². The predicted molar refractivity (Wildman–Crippen MR) is 121 cm³/mol. The molecule has 0 radical (unpaired) electrons. The molecular formula is C23H21ClFNO5S. The van der Waals surface area contributed by atoms with Crippen LogP contribution in [-0.2, 0) is 20.9 Å². The minimum Gasteiger partial charge on any atom is -0.489 e. The van der Waals surface area contributed by atoms with Gasteiger partial charge >= 0.3 is 5.97 Å². The van der Waals surface area contributed by atoms with Gasteiger partial charge in [-0.05, 0) is 53.6 Å². The van der Waals surface area contributed by atoms with E-state index < -0.39 is 29.5 Å². The number of nitrogens with zero attached hydrogens (tertiary/aromatic N) is 1. The maximum atomic E-state index is 13.8. The van der Waals surface area contributed by atoms with E-state index in [0.717, 1.165) is 16.7 Å². The Morgan fingerprint density at radius 3 is 2.56 bits per heavy atom. The molecule has 0 aromatic heterocycles. The van der Waals surface area contributed by atoms with Gasteiger partial charge in [-0.15, -0.1) is 0 Å². The predicted octanol–water partition coefficient (Wildman–Crippen LogP) is 5.29. The van der Waals surface area contributed by atoms with Crippen molar-refractivity contribution in [1.82, 2.24) is 4.90 Å². The summed E-state index contributed by atoms with van der Waals surface area (Å²) in [5.74, 6) is -0.973. The van der Waals surface area contributed by atoms with Gasteiger partial charge in [0.25, 0.3) is 11.1 Å². The highest BCUT2D eigenvalue weighted by Crippen LogP contribution is 2.32. The Kier molecular flexibility index (Phi) is 7.93. The zero-order valence-corrected chi connectivity index (χ0v) is 19.0. The quantitative estimate of drug-likeness (QED) is 0.380. The number of hydrogen-bond acceptors (Lipinski definition) is 6. The molecule has 0 bridgehead atoms. The van der Waals surface area contributed by atoms with Crippen molar-refractivity contribution in [3.63, 3.8) is 0 Å². The van der Waals surface area contributed by atoms with E-state index in [4.69, 9.17) is 21.1 Å². The molecule has 1 aliphatic rings. The Hall–Kier alpha value is -2.84. The van der Waals surface area contributed by atoms with Crippen LogP contribution in [0.3, 0.4) is 0 Å². The topological polar surface area (TPSA) is 72.9 Å². The molecule has 0 aliphatic carbocycles. The molecule has 168 valence electrons. The molecule has 9 heteroatoms. The lowest BCUT2D eigenvalue weighted by atomic mass is 10.2. The summed E-state index contributed by atoms with van der Waals surface area (Å²) in [5, 5.41) is -0.241. The summed E-state index contributed by atoms with van der Waals surface area (Å²) in [4.78, 5) is 37.6. The van der Waals surface area contributed by atoms with Crippen LogP contribution in [0.15, 0.2) is 47.4 Å². The number of carbonyl (C=O) groups is 3. The number of amides is 2. The largest absolute Gasteiger partial charge is 0.489 e. The van der Waals surface area contributed by atoms with Gasteiger partial charge < -0.3 is 9.47 Å². The van der Waals surface area contributed by atoms with Gasteiger partial charge in [-0.3, -0.25) is 19.3 Å². The lowest BCUT2D eigenvalue weighted by Gasteiger charge is -2.12. The number of esters is 1. The minimum absolute atomic E-state index is 0.0311. The van der Waals surface area contributed by atoms with E-state index in [1.807, 2.05) is 13.8 Å². The van der Waals surface area contributed by atoms with Crippen LogP contribution in [0.2, 0.25) is 5.02 Å². The Bertz CT molecular complexity index is 1030. The van der Waals surface area contributed by atoms with Gasteiger partial charge in [-0.25, -0.2) is 4.39 Å². The molecule has 1 saturated heterocycles. The van der Waals surface area contributed by atoms with E-state index >= 15 is 0 Å². The molecule has 2 aromatic carbocycles. The lowest BCUT2D eigenvalue weighted by Crippen LogP contribution is -2.34. The average Bonchev–Trinajstić information content (AvgIpc) is 3.00. The molecule has 2 aromatic rings. The number of benzene rings is 2. The third-order valence-corrected chi connectivity index (χ3v) is 5.62. The van der Waals surface area contributed by atoms with Crippen LogP contribution in [-0.4, -0.2) is 35.2 Å². The zero-order valence-electron chi connectivity index (χ0n) is 17.5. The number of ether oxygens (including phenoxy) is 2. The van der Waals surface area contributed by atoms with Crippen molar-refractivity contribution in [1.29, 1.82) is 0 Å². The standard InChI is InChI=1S/C23H21ClFNO5S/c1-14(2)12-31-21(27)11-26-22(28)20(32-23(26)29)10-15-6-8-16(9-7-15)30-13-17-18(24)4-3-5-19(17)25/h3-10,14H,11-13H2,1-2H3/b20-10-. The van der Waals surface area contributed by atoms with Crippen LogP contribution < -0.4 is 4.74 Å². The van der Waals surface area contributed by atoms with Crippen molar-refractivity contribution < 1.29 is 28.2 Å². The fourth-order valence-electron chi connectivity index (χ4n) is 2.71. The van der Waals surface area contributed by atoms with E-state index in [0.29, 0.717) is 11.3 Å². The van der Waals surface area contributed by atoms with Crippen LogP contribution in [0.5, 0.6) is 5.75 Å². The zero-order chi connectivity index (χ0) is 23.3. The van der Waals surface area contributed by atoms with E-state index in [1.54, 1.807) is 36.4 Å². The van der Waals surface area contributed by atoms with Gasteiger partial charge in [0.2, 0.25) is 0 Å². The Morgan fingerprint density at radius 2 is 1.91 bits per heavy atom. The number of imide groups is 1. The molecule has 6 nitrogen and oxygen atoms in total. The van der Waals surface area contributed by atoms with Crippen molar-refractivity contribution in [2.75, 3.05) is 13.2 Å². The summed E-state index contributed by atoms with van der Waals surface area (Å²) >= 11 is 6.75. The Balaban J connectivity index is 1.61. The Morgan fingerprint density at radius 1 is 1.19 bits per heavy atom. The van der Waals surface area contributed by atoms with Crippen molar-refractivity contribution in [2.24, 2.45) is 5.92 Å². The number of halogens is 2. The number of hydrogen-bond donors (Lipinski definition) is 0. The lowest BCUT2D eigenvalue weighted by molar-refractivity contribution is -0.147. The van der Waals surface area contributed by atoms with Gasteiger partial charge in [0.05, 0.1) is 16.5 Å². The van der Waals surface area contributed by atoms with Gasteiger partial charge in [-0.2, -0.15) is 0 Å². The van der Waals surface area contributed by atoms with Crippen LogP contribution in [0, 0.1) is 11.7 Å². The van der Waals surface area contributed by atoms with Crippen molar-refractivity contribution in [3.8, 4) is 5.75 Å². The number of carbonyl (C=O) groups excluding carboxylic acids is 3. The SMILES string of the molecule is CC(C)COC(=O)CN1C(=O)S/C(=C\c2ccc(OCc3c(F)cccc3Cl)cc2)C1=O. The van der Waals surface area contributed by atoms with Gasteiger partial charge in [0.15, 0.2) is 0 Å². The first kappa shape index (κ1) is 23.8. The summed E-state index contributed by atoms with van der Waals surface area (Å²) in [7, 11) is 0. The van der Waals surface area contributed by atoms with E-state index in [2.05, 4.69) is 0 Å². The minimum atomic E-state index is -0.626. The molecule has 1 aliphatic heterocycles. The first-order chi connectivity index (χ1) is 15.2. The number of rotatable bonds is 8. The van der Waals surface area contributed by atoms with Crippen LogP contribution >= 0.6 is 23.4 Å². The first-order valence-electron chi connectivity index (χ1n) is 9.81. The van der Waals surface area contributed by atoms with Crippen LogP contribution in [0.25, 0.3) is 6.08 Å². The molecule has 1 heterocycles. The third kappa shape index (κ3) is 6.11. The van der Waals surface area contributed by atoms with E-state index in [1.165, 1.54) is 12.1 Å². The maximum Gasteiger partial charge on any atom is 0.326 e. The van der Waals surface area contributed by atoms with E-state index in [9.17, 15) is 18.8 Å². The fraction of sp³-hybridized carbons (Fsp3) is 0.261. The molecule has 0 N–H and O–H groups in total. The smallest absolute Gasteiger partial charge is 0.326 e. The summed E-state index contributed by atoms with van der Waals surface area (Å²) in [6, 6.07) is 11.1. The normalized spacial score (nSPS) is 15.0. The maximum absolute atomic E-state index is 13.8. The molecule has 0 unspecified atom stereocenters. The van der Waals surface area contributed by atoms with Crippen LogP contribution in [0.4, 0.5) is 9.18 Å². The third-order valence-electron chi connectivity index (χ3n) is 4.36. The molecule has 0 spiro atoms. The summed E-state index contributed by atoms with van der Waals surface area (Å²) < 4.78 is 24.5. The average molecular weight is 478 g/mol. The van der Waals surface area contributed by atoms with Crippen LogP contribution in [0.1, 0.15) is 25.0 Å². The van der Waals surface area contributed by atoms with Crippen molar-refractivity contribution in [3.05, 3.63) is 69.3 Å². The summed E-state index contributed by atoms with van der Waals surface area (Å²) in [6.07, 6.45) is 1.56. The molecule has 0 atom stereocenters. The highest BCUT2D eigenvalue weighted by atomic mass is 35.5. The molecule has 32 heavy (non-hydrogen) atoms. The monoisotopic (exact) mass is 477 g/mol. The summed E-state index contributed by atoms with van der Waals surface area (Å²) in [6.45, 7) is 3.56. The van der Waals surface area contributed by atoms with E-state index in [-0.39, 0.29) is 34.6 Å². The Labute approximate surface area is 194 Å². The molecule has 2 amide bonds. The fourth-order valence-corrected chi connectivity index (χ4v) is 3.76. The number of thioether (sulfide) groups is 1. The van der Waals surface area contributed by atoms with Crippen molar-refractivity contribution in [2.45, 2.75) is 20.5 Å². The highest BCUT2D eigenvalue weighted by Gasteiger charge is 2.36. The second-order valence-electron chi connectivity index (χ2n) is 7.40. The van der Waals surface area contributed by atoms with Gasteiger partial charge in [0.1, 0.15) is 24.7 Å². The molecule has 0 saturated carbocycles. The first-order valence-corrected chi connectivity index (χ1v) is 11.0. The summed E-state index contributed by atoms with van der Waals surface area (Å²) in [5.41, 5.74) is 0.924. The molecule has 3 rings (SSSR count). The molecular weight excluding hydrogens is 457 g/mol. The second kappa shape index (κ2) is 10.7. The van der Waals surface area contributed by atoms with Gasteiger partial charge in [0, 0.05) is 5.56 Å². The molecule has 1 fully saturated rings.